The summed E-state index contributed by atoms with van der Waals surface area (Å²) < 4.78 is 7.01. The molecule has 0 radical (unpaired) electrons. The number of ether oxygens (including phenoxy) is 1. The molecule has 1 fully saturated rings. The predicted molar refractivity (Wildman–Crippen MR) is 70.7 cm³/mol. The van der Waals surface area contributed by atoms with Crippen LogP contribution >= 0.6 is 0 Å². The Hall–Kier alpha value is -2.09. The van der Waals surface area contributed by atoms with Gasteiger partial charge in [0.15, 0.2) is 0 Å². The summed E-state index contributed by atoms with van der Waals surface area (Å²) in [5.41, 5.74) is 6.35. The predicted octanol–water partition coefficient (Wildman–Crippen LogP) is -0.493. The van der Waals surface area contributed by atoms with Crippen molar-refractivity contribution >= 4 is 17.7 Å². The molecule has 1 unspecified atom stereocenters. The fourth-order valence-corrected chi connectivity index (χ4v) is 2.53. The molecule has 1 saturated heterocycles. The summed E-state index contributed by atoms with van der Waals surface area (Å²) >= 11 is 0. The molecular weight excluding hydrogens is 264 g/mol. The average molecular weight is 282 g/mol. The van der Waals surface area contributed by atoms with Gasteiger partial charge in [-0.05, 0) is 6.92 Å². The second-order valence-corrected chi connectivity index (χ2v) is 4.81. The number of carboxylic acid groups (broad SMARTS) is 1. The highest BCUT2D eigenvalue weighted by atomic mass is 16.5. The number of primary amides is 1. The second kappa shape index (κ2) is 5.49. The molecule has 2 rings (SSSR count). The van der Waals surface area contributed by atoms with Crippen LogP contribution in [-0.4, -0.2) is 52.6 Å². The van der Waals surface area contributed by atoms with Gasteiger partial charge in [0.25, 0.3) is 5.91 Å². The summed E-state index contributed by atoms with van der Waals surface area (Å²) in [6.07, 6.45) is -0.476. The molecule has 1 amide bonds. The molecule has 0 spiro atoms. The van der Waals surface area contributed by atoms with Gasteiger partial charge < -0.3 is 20.5 Å². The minimum Gasteiger partial charge on any atom is -0.481 e. The number of nitrogens with zero attached hydrogens (tertiary/aromatic N) is 3. The third-order valence-electron chi connectivity index (χ3n) is 3.28. The number of amides is 1. The molecule has 3 N–H and O–H groups in total. The molecule has 1 aromatic heterocycles. The van der Waals surface area contributed by atoms with Gasteiger partial charge >= 0.3 is 5.97 Å². The van der Waals surface area contributed by atoms with Crippen molar-refractivity contribution in [3.63, 3.8) is 0 Å². The number of aliphatic carboxylic acids is 1. The van der Waals surface area contributed by atoms with Crippen molar-refractivity contribution in [2.75, 3.05) is 24.6 Å². The summed E-state index contributed by atoms with van der Waals surface area (Å²) in [5, 5.41) is 13.0. The number of carbonyl (C=O) groups excluding carboxylic acids is 1. The zero-order valence-electron chi connectivity index (χ0n) is 11.5. The Labute approximate surface area is 116 Å². The second-order valence-electron chi connectivity index (χ2n) is 4.81. The van der Waals surface area contributed by atoms with E-state index in [-0.39, 0.29) is 6.42 Å². The van der Waals surface area contributed by atoms with E-state index in [9.17, 15) is 9.59 Å². The lowest BCUT2D eigenvalue weighted by molar-refractivity contribution is -0.140. The average Bonchev–Trinajstić information content (AvgIpc) is 2.63. The highest BCUT2D eigenvalue weighted by molar-refractivity contribution is 5.99. The first-order chi connectivity index (χ1) is 9.40. The standard InChI is InChI=1S/C12H18N4O4/c1-7-10(11(13)19)12(15(2)14-7)16-3-4-20-8(6-16)5-9(17)18/h8H,3-6H2,1-2H3,(H2,13,19)(H,17,18). The van der Waals surface area contributed by atoms with Crippen LogP contribution in [-0.2, 0) is 16.6 Å². The number of nitrogens with two attached hydrogens (primary N) is 1. The van der Waals surface area contributed by atoms with Crippen LogP contribution in [0.15, 0.2) is 0 Å². The van der Waals surface area contributed by atoms with Gasteiger partial charge in [-0.2, -0.15) is 5.10 Å². The van der Waals surface area contributed by atoms with E-state index < -0.39 is 18.0 Å². The number of carboxylic acids is 1. The van der Waals surface area contributed by atoms with E-state index in [1.165, 1.54) is 0 Å². The van der Waals surface area contributed by atoms with Gasteiger partial charge in [0, 0.05) is 20.1 Å². The first-order valence-electron chi connectivity index (χ1n) is 6.32. The topological polar surface area (TPSA) is 111 Å². The van der Waals surface area contributed by atoms with E-state index in [1.54, 1.807) is 18.7 Å². The van der Waals surface area contributed by atoms with E-state index in [2.05, 4.69) is 5.10 Å². The Morgan fingerprint density at radius 1 is 1.55 bits per heavy atom. The van der Waals surface area contributed by atoms with Crippen LogP contribution in [0.4, 0.5) is 5.82 Å². The first kappa shape index (κ1) is 14.3. The first-order valence-corrected chi connectivity index (χ1v) is 6.32. The van der Waals surface area contributed by atoms with Crippen molar-refractivity contribution in [1.82, 2.24) is 9.78 Å². The number of hydrogen-bond acceptors (Lipinski definition) is 5. The Morgan fingerprint density at radius 2 is 2.25 bits per heavy atom. The normalized spacial score (nSPS) is 19.1. The van der Waals surface area contributed by atoms with Crippen LogP contribution in [0.2, 0.25) is 0 Å². The number of rotatable bonds is 4. The van der Waals surface area contributed by atoms with E-state index >= 15 is 0 Å². The highest BCUT2D eigenvalue weighted by Gasteiger charge is 2.28. The maximum atomic E-state index is 11.6. The maximum Gasteiger partial charge on any atom is 0.306 e. The van der Waals surface area contributed by atoms with Crippen LogP contribution in [0.25, 0.3) is 0 Å². The van der Waals surface area contributed by atoms with Crippen molar-refractivity contribution in [2.24, 2.45) is 12.8 Å². The monoisotopic (exact) mass is 282 g/mol. The smallest absolute Gasteiger partial charge is 0.306 e. The number of hydrogen-bond donors (Lipinski definition) is 2. The SMILES string of the molecule is Cc1nn(C)c(N2CCOC(CC(=O)O)C2)c1C(N)=O. The third-order valence-corrected chi connectivity index (χ3v) is 3.28. The van der Waals surface area contributed by atoms with Crippen LogP contribution in [0.3, 0.4) is 0 Å². The van der Waals surface area contributed by atoms with Crippen LogP contribution in [0.1, 0.15) is 22.5 Å². The molecule has 1 aliphatic heterocycles. The lowest BCUT2D eigenvalue weighted by Crippen LogP contribution is -2.44. The van der Waals surface area contributed by atoms with E-state index in [0.29, 0.717) is 36.8 Å². The lowest BCUT2D eigenvalue weighted by atomic mass is 10.1. The van der Waals surface area contributed by atoms with Crippen molar-refractivity contribution in [1.29, 1.82) is 0 Å². The molecule has 1 atom stereocenters. The molecule has 1 aromatic rings. The Kier molecular flexibility index (Phi) is 3.93. The molecular formula is C12H18N4O4. The molecule has 0 bridgehead atoms. The quantitative estimate of drug-likeness (QED) is 0.770. The van der Waals surface area contributed by atoms with Crippen molar-refractivity contribution in [3.8, 4) is 0 Å². The number of aromatic nitrogens is 2. The van der Waals surface area contributed by atoms with Gasteiger partial charge in [0.05, 0.1) is 24.8 Å². The minimum absolute atomic E-state index is 0.0702. The lowest BCUT2D eigenvalue weighted by Gasteiger charge is -2.34. The van der Waals surface area contributed by atoms with Crippen molar-refractivity contribution < 1.29 is 19.4 Å². The maximum absolute atomic E-state index is 11.6. The number of morpholine rings is 1. The van der Waals surface area contributed by atoms with Gasteiger partial charge in [0.1, 0.15) is 11.4 Å². The van der Waals surface area contributed by atoms with E-state index in [4.69, 9.17) is 15.6 Å². The summed E-state index contributed by atoms with van der Waals surface area (Å²) in [5.74, 6) is -0.825. The third kappa shape index (κ3) is 2.74. The molecule has 0 aliphatic carbocycles. The Bertz CT molecular complexity index is 540. The van der Waals surface area contributed by atoms with Crippen molar-refractivity contribution in [2.45, 2.75) is 19.4 Å². The summed E-state index contributed by atoms with van der Waals surface area (Å²) in [6.45, 7) is 3.08. The van der Waals surface area contributed by atoms with E-state index in [1.807, 2.05) is 4.90 Å². The molecule has 1 aliphatic rings. The minimum atomic E-state index is -0.909. The molecule has 110 valence electrons. The van der Waals surface area contributed by atoms with Crippen molar-refractivity contribution in [3.05, 3.63) is 11.3 Å². The fourth-order valence-electron chi connectivity index (χ4n) is 2.53. The van der Waals surface area contributed by atoms with Gasteiger partial charge in [0.2, 0.25) is 0 Å². The zero-order chi connectivity index (χ0) is 14.9. The van der Waals surface area contributed by atoms with Crippen LogP contribution < -0.4 is 10.6 Å². The molecule has 2 heterocycles. The highest BCUT2D eigenvalue weighted by Crippen LogP contribution is 2.25. The van der Waals surface area contributed by atoms with Gasteiger partial charge in [-0.1, -0.05) is 0 Å². The summed E-state index contributed by atoms with van der Waals surface area (Å²) in [7, 11) is 1.73. The van der Waals surface area contributed by atoms with Gasteiger partial charge in [-0.25, -0.2) is 0 Å². The number of anilines is 1. The van der Waals surface area contributed by atoms with Crippen LogP contribution in [0, 0.1) is 6.92 Å². The molecule has 0 saturated carbocycles. The fraction of sp³-hybridized carbons (Fsp3) is 0.583. The largest absolute Gasteiger partial charge is 0.481 e. The van der Waals surface area contributed by atoms with Crippen LogP contribution in [0.5, 0.6) is 0 Å². The van der Waals surface area contributed by atoms with E-state index in [0.717, 1.165) is 0 Å². The molecule has 20 heavy (non-hydrogen) atoms. The van der Waals surface area contributed by atoms with Gasteiger partial charge in [-0.3, -0.25) is 14.3 Å². The zero-order valence-corrected chi connectivity index (χ0v) is 11.5. The molecule has 8 nitrogen and oxygen atoms in total. The molecule has 0 aromatic carbocycles. The Morgan fingerprint density at radius 3 is 2.85 bits per heavy atom. The molecule has 8 heteroatoms. The Balaban J connectivity index is 2.27. The summed E-state index contributed by atoms with van der Waals surface area (Å²) in [6, 6.07) is 0. The summed E-state index contributed by atoms with van der Waals surface area (Å²) in [4.78, 5) is 24.2. The number of carbonyl (C=O) groups is 2. The number of aryl methyl sites for hydroxylation is 2. The van der Waals surface area contributed by atoms with Gasteiger partial charge in [-0.15, -0.1) is 0 Å².